The van der Waals surface area contributed by atoms with Crippen molar-refractivity contribution in [2.45, 2.75) is 33.0 Å². The summed E-state index contributed by atoms with van der Waals surface area (Å²) in [7, 11) is 0. The van der Waals surface area contributed by atoms with Crippen molar-refractivity contribution in [1.82, 2.24) is 0 Å². The van der Waals surface area contributed by atoms with Crippen molar-refractivity contribution in [1.29, 1.82) is 0 Å². The molecule has 0 amide bonds. The maximum Gasteiger partial charge on any atom is 0.160 e. The lowest BCUT2D eigenvalue weighted by molar-refractivity contribution is -0.151. The standard InChI is InChI=1S/C10H18O2/c1-7(2)9-6-12-10-8(9)4-3-5-11-10/h7-10H,3-6H2,1-2H3/t8-,9-,10+/m1/s1. The highest BCUT2D eigenvalue weighted by Crippen LogP contribution is 2.38. The Balaban J connectivity index is 2.01. The van der Waals surface area contributed by atoms with Crippen molar-refractivity contribution < 1.29 is 9.47 Å². The summed E-state index contributed by atoms with van der Waals surface area (Å²) in [5.41, 5.74) is 0. The van der Waals surface area contributed by atoms with Crippen molar-refractivity contribution in [2.75, 3.05) is 13.2 Å². The second-order valence-electron chi connectivity index (χ2n) is 4.29. The third-order valence-electron chi connectivity index (χ3n) is 3.17. The van der Waals surface area contributed by atoms with E-state index in [1.54, 1.807) is 0 Å². The molecule has 2 saturated heterocycles. The van der Waals surface area contributed by atoms with Gasteiger partial charge >= 0.3 is 0 Å². The molecule has 0 spiro atoms. The summed E-state index contributed by atoms with van der Waals surface area (Å²) >= 11 is 0. The van der Waals surface area contributed by atoms with E-state index < -0.39 is 0 Å². The van der Waals surface area contributed by atoms with Crippen molar-refractivity contribution in [3.8, 4) is 0 Å². The molecule has 0 unspecified atom stereocenters. The molecule has 2 rings (SSSR count). The van der Waals surface area contributed by atoms with Crippen LogP contribution in [0.2, 0.25) is 0 Å². The predicted octanol–water partition coefficient (Wildman–Crippen LogP) is 2.04. The minimum Gasteiger partial charge on any atom is -0.352 e. The quantitative estimate of drug-likeness (QED) is 0.599. The number of hydrogen-bond donors (Lipinski definition) is 0. The fourth-order valence-corrected chi connectivity index (χ4v) is 2.38. The maximum atomic E-state index is 5.61. The van der Waals surface area contributed by atoms with Crippen LogP contribution in [0, 0.1) is 17.8 Å². The van der Waals surface area contributed by atoms with Gasteiger partial charge < -0.3 is 9.47 Å². The molecule has 0 aliphatic carbocycles. The molecule has 2 heterocycles. The second kappa shape index (κ2) is 3.35. The molecule has 0 saturated carbocycles. The first-order valence-corrected chi connectivity index (χ1v) is 5.02. The highest BCUT2D eigenvalue weighted by molar-refractivity contribution is 4.83. The first kappa shape index (κ1) is 8.52. The molecule has 0 aromatic rings. The van der Waals surface area contributed by atoms with Crippen LogP contribution >= 0.6 is 0 Å². The fraction of sp³-hybridized carbons (Fsp3) is 1.00. The van der Waals surface area contributed by atoms with E-state index >= 15 is 0 Å². The fourth-order valence-electron chi connectivity index (χ4n) is 2.38. The van der Waals surface area contributed by atoms with Gasteiger partial charge in [-0.3, -0.25) is 0 Å². The molecule has 2 heteroatoms. The zero-order valence-corrected chi connectivity index (χ0v) is 7.95. The molecule has 0 bridgehead atoms. The highest BCUT2D eigenvalue weighted by atomic mass is 16.7. The molecule has 0 aromatic heterocycles. The minimum atomic E-state index is 0.131. The Morgan fingerprint density at radius 1 is 1.25 bits per heavy atom. The molecule has 2 aliphatic rings. The lowest BCUT2D eigenvalue weighted by Gasteiger charge is -2.28. The largest absolute Gasteiger partial charge is 0.352 e. The van der Waals surface area contributed by atoms with Gasteiger partial charge in [0.1, 0.15) is 0 Å². The molecule has 0 aromatic carbocycles. The van der Waals surface area contributed by atoms with E-state index in [2.05, 4.69) is 13.8 Å². The number of rotatable bonds is 1. The molecule has 3 atom stereocenters. The first-order chi connectivity index (χ1) is 5.79. The van der Waals surface area contributed by atoms with Crippen molar-refractivity contribution >= 4 is 0 Å². The number of fused-ring (bicyclic) bond motifs is 1. The van der Waals surface area contributed by atoms with Gasteiger partial charge in [-0.25, -0.2) is 0 Å². The van der Waals surface area contributed by atoms with E-state index in [4.69, 9.17) is 9.47 Å². The maximum absolute atomic E-state index is 5.61. The lowest BCUT2D eigenvalue weighted by atomic mass is 9.82. The van der Waals surface area contributed by atoms with E-state index in [9.17, 15) is 0 Å². The van der Waals surface area contributed by atoms with E-state index in [1.807, 2.05) is 0 Å². The summed E-state index contributed by atoms with van der Waals surface area (Å²) in [4.78, 5) is 0. The van der Waals surface area contributed by atoms with E-state index in [0.29, 0.717) is 5.92 Å². The van der Waals surface area contributed by atoms with Gasteiger partial charge in [0.15, 0.2) is 6.29 Å². The summed E-state index contributed by atoms with van der Waals surface area (Å²) in [5.74, 6) is 2.15. The lowest BCUT2D eigenvalue weighted by Crippen LogP contribution is -2.30. The van der Waals surface area contributed by atoms with Crippen LogP contribution in [0.1, 0.15) is 26.7 Å². The molecular weight excluding hydrogens is 152 g/mol. The highest BCUT2D eigenvalue weighted by Gasteiger charge is 2.40. The van der Waals surface area contributed by atoms with E-state index in [1.165, 1.54) is 12.8 Å². The van der Waals surface area contributed by atoms with Gasteiger partial charge in [-0.2, -0.15) is 0 Å². The van der Waals surface area contributed by atoms with Crippen molar-refractivity contribution in [2.24, 2.45) is 17.8 Å². The van der Waals surface area contributed by atoms with Gasteiger partial charge in [0.25, 0.3) is 0 Å². The van der Waals surface area contributed by atoms with Crippen LogP contribution in [-0.4, -0.2) is 19.5 Å². The zero-order chi connectivity index (χ0) is 8.55. The molecule has 2 aliphatic heterocycles. The van der Waals surface area contributed by atoms with Crippen LogP contribution in [0.5, 0.6) is 0 Å². The Morgan fingerprint density at radius 2 is 2.08 bits per heavy atom. The normalized spacial score (nSPS) is 41.8. The van der Waals surface area contributed by atoms with Gasteiger partial charge in [-0.1, -0.05) is 13.8 Å². The van der Waals surface area contributed by atoms with Crippen LogP contribution in [0.4, 0.5) is 0 Å². The van der Waals surface area contributed by atoms with Gasteiger partial charge in [-0.05, 0) is 24.7 Å². The van der Waals surface area contributed by atoms with Crippen molar-refractivity contribution in [3.63, 3.8) is 0 Å². The average molecular weight is 170 g/mol. The van der Waals surface area contributed by atoms with E-state index in [-0.39, 0.29) is 6.29 Å². The first-order valence-electron chi connectivity index (χ1n) is 5.02. The topological polar surface area (TPSA) is 18.5 Å². The van der Waals surface area contributed by atoms with E-state index in [0.717, 1.165) is 25.0 Å². The Hall–Kier alpha value is -0.0800. The number of hydrogen-bond acceptors (Lipinski definition) is 2. The Kier molecular flexibility index (Phi) is 2.37. The van der Waals surface area contributed by atoms with Crippen molar-refractivity contribution in [3.05, 3.63) is 0 Å². The van der Waals surface area contributed by atoms with Gasteiger partial charge in [0.05, 0.1) is 6.61 Å². The van der Waals surface area contributed by atoms with Crippen LogP contribution in [-0.2, 0) is 9.47 Å². The van der Waals surface area contributed by atoms with Gasteiger partial charge in [0.2, 0.25) is 0 Å². The molecule has 2 fully saturated rings. The molecular formula is C10H18O2. The van der Waals surface area contributed by atoms with Crippen LogP contribution < -0.4 is 0 Å². The molecule has 12 heavy (non-hydrogen) atoms. The minimum absolute atomic E-state index is 0.131. The molecule has 2 nitrogen and oxygen atoms in total. The zero-order valence-electron chi connectivity index (χ0n) is 7.95. The SMILES string of the molecule is CC(C)[C@H]1CO[C@@H]2OCCC[C@@H]21. The summed E-state index contributed by atoms with van der Waals surface area (Å²) in [6.07, 6.45) is 2.65. The van der Waals surface area contributed by atoms with Gasteiger partial charge in [0, 0.05) is 12.5 Å². The Labute approximate surface area is 74.2 Å². The summed E-state index contributed by atoms with van der Waals surface area (Å²) < 4.78 is 11.2. The molecule has 0 N–H and O–H groups in total. The van der Waals surface area contributed by atoms with Crippen LogP contribution in [0.3, 0.4) is 0 Å². The third-order valence-corrected chi connectivity index (χ3v) is 3.17. The second-order valence-corrected chi connectivity index (χ2v) is 4.29. The summed E-state index contributed by atoms with van der Waals surface area (Å²) in [5, 5.41) is 0. The molecule has 0 radical (unpaired) electrons. The Bertz CT molecular complexity index is 156. The monoisotopic (exact) mass is 170 g/mol. The summed E-state index contributed by atoms with van der Waals surface area (Å²) in [6.45, 7) is 6.37. The summed E-state index contributed by atoms with van der Waals surface area (Å²) in [6, 6.07) is 0. The van der Waals surface area contributed by atoms with Gasteiger partial charge in [-0.15, -0.1) is 0 Å². The Morgan fingerprint density at radius 3 is 2.83 bits per heavy atom. The van der Waals surface area contributed by atoms with Crippen LogP contribution in [0.25, 0.3) is 0 Å². The molecule has 70 valence electrons. The van der Waals surface area contributed by atoms with Crippen LogP contribution in [0.15, 0.2) is 0 Å². The smallest absolute Gasteiger partial charge is 0.160 e. The number of ether oxygens (including phenoxy) is 2. The average Bonchev–Trinajstić information content (AvgIpc) is 2.47. The third kappa shape index (κ3) is 1.38. The predicted molar refractivity (Wildman–Crippen MR) is 46.7 cm³/mol.